The zero-order valence-electron chi connectivity index (χ0n) is 5.70. The molecule has 1 unspecified atom stereocenters. The second kappa shape index (κ2) is 1.54. The second-order valence-electron chi connectivity index (χ2n) is 3.04. The summed E-state index contributed by atoms with van der Waals surface area (Å²) in [5, 5.41) is 0. The SMILES string of the molecule is CC12CCN1S(=O)(=O)OC2. The molecule has 0 radical (unpaired) electrons. The lowest BCUT2D eigenvalue weighted by Gasteiger charge is -2.40. The first kappa shape index (κ1) is 6.57. The van der Waals surface area contributed by atoms with E-state index in [2.05, 4.69) is 4.18 Å². The van der Waals surface area contributed by atoms with E-state index in [0.29, 0.717) is 13.2 Å². The summed E-state index contributed by atoms with van der Waals surface area (Å²) in [4.78, 5) is 0. The first-order valence-corrected chi connectivity index (χ1v) is 4.58. The van der Waals surface area contributed by atoms with E-state index < -0.39 is 10.3 Å². The van der Waals surface area contributed by atoms with Gasteiger partial charge in [0, 0.05) is 6.54 Å². The maximum Gasteiger partial charge on any atom is 0.339 e. The molecule has 1 atom stereocenters. The molecule has 0 saturated carbocycles. The average Bonchev–Trinajstić information content (AvgIpc) is 1.90. The number of hydrogen-bond acceptors (Lipinski definition) is 3. The van der Waals surface area contributed by atoms with Crippen molar-refractivity contribution in [2.75, 3.05) is 13.2 Å². The van der Waals surface area contributed by atoms with Crippen LogP contribution < -0.4 is 0 Å². The summed E-state index contributed by atoms with van der Waals surface area (Å²) < 4.78 is 27.9. The summed E-state index contributed by atoms with van der Waals surface area (Å²) >= 11 is 0. The molecule has 10 heavy (non-hydrogen) atoms. The fraction of sp³-hybridized carbons (Fsp3) is 1.00. The summed E-state index contributed by atoms with van der Waals surface area (Å²) in [6.07, 6.45) is 0.923. The number of rotatable bonds is 0. The van der Waals surface area contributed by atoms with Crippen LogP contribution in [-0.2, 0) is 14.5 Å². The normalized spacial score (nSPS) is 44.5. The van der Waals surface area contributed by atoms with Crippen LogP contribution in [0.3, 0.4) is 0 Å². The Morgan fingerprint density at radius 1 is 1.60 bits per heavy atom. The summed E-state index contributed by atoms with van der Waals surface area (Å²) in [7, 11) is -3.31. The van der Waals surface area contributed by atoms with Crippen LogP contribution in [-0.4, -0.2) is 31.4 Å². The van der Waals surface area contributed by atoms with Crippen molar-refractivity contribution in [2.24, 2.45) is 0 Å². The maximum absolute atomic E-state index is 10.9. The van der Waals surface area contributed by atoms with Crippen LogP contribution in [0.25, 0.3) is 0 Å². The van der Waals surface area contributed by atoms with E-state index in [4.69, 9.17) is 0 Å². The lowest BCUT2D eigenvalue weighted by molar-refractivity contribution is 0.100. The Kier molecular flexibility index (Phi) is 1.01. The molecule has 0 amide bonds. The van der Waals surface area contributed by atoms with Gasteiger partial charge in [0.15, 0.2) is 0 Å². The number of nitrogens with zero attached hydrogens (tertiary/aromatic N) is 1. The van der Waals surface area contributed by atoms with Gasteiger partial charge in [0.25, 0.3) is 0 Å². The first-order valence-electron chi connectivity index (χ1n) is 3.22. The van der Waals surface area contributed by atoms with Crippen molar-refractivity contribution >= 4 is 10.3 Å². The topological polar surface area (TPSA) is 46.6 Å². The molecule has 58 valence electrons. The highest BCUT2D eigenvalue weighted by atomic mass is 32.2. The van der Waals surface area contributed by atoms with Crippen LogP contribution in [0.15, 0.2) is 0 Å². The predicted molar refractivity (Wildman–Crippen MR) is 34.6 cm³/mol. The quantitative estimate of drug-likeness (QED) is 0.493. The molecular formula is C5H9NO3S. The molecule has 0 spiro atoms. The molecule has 2 rings (SSSR count). The fourth-order valence-corrected chi connectivity index (χ4v) is 2.90. The van der Waals surface area contributed by atoms with E-state index >= 15 is 0 Å². The monoisotopic (exact) mass is 163 g/mol. The zero-order valence-corrected chi connectivity index (χ0v) is 6.52. The second-order valence-corrected chi connectivity index (χ2v) is 4.57. The van der Waals surface area contributed by atoms with Gasteiger partial charge in [0.2, 0.25) is 0 Å². The molecular weight excluding hydrogens is 154 g/mol. The number of hydrogen-bond donors (Lipinski definition) is 0. The highest BCUT2D eigenvalue weighted by Crippen LogP contribution is 2.39. The molecule has 0 aliphatic carbocycles. The Bertz CT molecular complexity index is 260. The smallest absolute Gasteiger partial charge is 0.256 e. The van der Waals surface area contributed by atoms with Gasteiger partial charge in [-0.2, -0.15) is 12.7 Å². The van der Waals surface area contributed by atoms with Crippen molar-refractivity contribution in [1.29, 1.82) is 0 Å². The highest BCUT2D eigenvalue weighted by molar-refractivity contribution is 7.84. The molecule has 2 aliphatic rings. The molecule has 4 nitrogen and oxygen atoms in total. The van der Waals surface area contributed by atoms with Gasteiger partial charge < -0.3 is 0 Å². The molecule has 0 N–H and O–H groups in total. The molecule has 5 heteroatoms. The summed E-state index contributed by atoms with van der Waals surface area (Å²) in [5.41, 5.74) is -0.209. The molecule has 2 heterocycles. The van der Waals surface area contributed by atoms with Crippen LogP contribution in [0.4, 0.5) is 0 Å². The van der Waals surface area contributed by atoms with E-state index in [0.717, 1.165) is 6.42 Å². The van der Waals surface area contributed by atoms with Gasteiger partial charge in [0.1, 0.15) is 0 Å². The van der Waals surface area contributed by atoms with Gasteiger partial charge >= 0.3 is 10.3 Å². The third kappa shape index (κ3) is 0.601. The molecule has 0 aromatic carbocycles. The van der Waals surface area contributed by atoms with Crippen LogP contribution in [0.5, 0.6) is 0 Å². The third-order valence-corrected chi connectivity index (χ3v) is 3.82. The summed E-state index contributed by atoms with van der Waals surface area (Å²) in [6, 6.07) is 0. The van der Waals surface area contributed by atoms with Crippen LogP contribution in [0.2, 0.25) is 0 Å². The zero-order chi connectivity index (χ0) is 7.41. The summed E-state index contributed by atoms with van der Waals surface area (Å²) in [5.74, 6) is 0. The minimum atomic E-state index is -3.31. The first-order chi connectivity index (χ1) is 4.55. The van der Waals surface area contributed by atoms with E-state index in [1.807, 2.05) is 6.92 Å². The Morgan fingerprint density at radius 3 is 2.50 bits per heavy atom. The molecule has 2 saturated heterocycles. The van der Waals surface area contributed by atoms with Crippen molar-refractivity contribution in [3.05, 3.63) is 0 Å². The Morgan fingerprint density at radius 2 is 2.30 bits per heavy atom. The Balaban J connectivity index is 2.39. The van der Waals surface area contributed by atoms with Gasteiger partial charge in [0.05, 0.1) is 12.1 Å². The van der Waals surface area contributed by atoms with Gasteiger partial charge in [-0.3, -0.25) is 4.18 Å². The van der Waals surface area contributed by atoms with Crippen molar-refractivity contribution in [1.82, 2.24) is 4.31 Å². The minimum Gasteiger partial charge on any atom is -0.256 e. The summed E-state index contributed by atoms with van der Waals surface area (Å²) in [6.45, 7) is 2.86. The van der Waals surface area contributed by atoms with Crippen LogP contribution in [0.1, 0.15) is 13.3 Å². The Hall–Kier alpha value is -0.130. The lowest BCUT2D eigenvalue weighted by Crippen LogP contribution is -2.56. The fourth-order valence-electron chi connectivity index (χ4n) is 1.38. The van der Waals surface area contributed by atoms with Crippen molar-refractivity contribution in [3.63, 3.8) is 0 Å². The van der Waals surface area contributed by atoms with Gasteiger partial charge in [-0.05, 0) is 13.3 Å². The van der Waals surface area contributed by atoms with E-state index in [9.17, 15) is 8.42 Å². The van der Waals surface area contributed by atoms with Crippen molar-refractivity contribution < 1.29 is 12.6 Å². The maximum atomic E-state index is 10.9. The lowest BCUT2D eigenvalue weighted by atomic mass is 9.92. The van der Waals surface area contributed by atoms with E-state index in [1.54, 1.807) is 0 Å². The van der Waals surface area contributed by atoms with Gasteiger partial charge in [-0.1, -0.05) is 0 Å². The van der Waals surface area contributed by atoms with Gasteiger partial charge in [-0.15, -0.1) is 0 Å². The molecule has 0 aromatic heterocycles. The largest absolute Gasteiger partial charge is 0.339 e. The molecule has 0 bridgehead atoms. The van der Waals surface area contributed by atoms with E-state index in [-0.39, 0.29) is 5.54 Å². The average molecular weight is 163 g/mol. The number of fused-ring (bicyclic) bond motifs is 1. The standard InChI is InChI=1S/C5H9NO3S/c1-5-2-3-6(5)10(7,8)9-4-5/h2-4H2,1H3. The third-order valence-electron chi connectivity index (χ3n) is 2.24. The van der Waals surface area contributed by atoms with Crippen molar-refractivity contribution in [2.45, 2.75) is 18.9 Å². The van der Waals surface area contributed by atoms with Crippen LogP contribution >= 0.6 is 0 Å². The minimum absolute atomic E-state index is 0.209. The van der Waals surface area contributed by atoms with Crippen molar-refractivity contribution in [3.8, 4) is 0 Å². The van der Waals surface area contributed by atoms with Crippen LogP contribution in [0, 0.1) is 0 Å². The molecule has 2 fully saturated rings. The van der Waals surface area contributed by atoms with E-state index in [1.165, 1.54) is 4.31 Å². The highest BCUT2D eigenvalue weighted by Gasteiger charge is 2.54. The molecule has 0 aromatic rings. The predicted octanol–water partition coefficient (Wildman–Crippen LogP) is -0.274. The molecule has 2 aliphatic heterocycles. The van der Waals surface area contributed by atoms with Gasteiger partial charge in [-0.25, -0.2) is 0 Å². The Labute approximate surface area is 60.0 Å².